The Labute approximate surface area is 179 Å². The summed E-state index contributed by atoms with van der Waals surface area (Å²) in [5, 5.41) is 0. The molecule has 0 unspecified atom stereocenters. The van der Waals surface area contributed by atoms with Gasteiger partial charge in [-0.1, -0.05) is 36.4 Å². The number of carbonyl (C=O) groups is 1. The summed E-state index contributed by atoms with van der Waals surface area (Å²) in [6.07, 6.45) is 0. The Morgan fingerprint density at radius 1 is 0.800 bits per heavy atom. The van der Waals surface area contributed by atoms with Crippen molar-refractivity contribution in [2.75, 3.05) is 11.5 Å². The second kappa shape index (κ2) is 9.04. The molecule has 0 aliphatic heterocycles. The maximum absolute atomic E-state index is 12.0. The lowest BCUT2D eigenvalue weighted by molar-refractivity contribution is -0.157. The Balaban J connectivity index is 1.91. The lowest BCUT2D eigenvalue weighted by atomic mass is 10.1. The van der Waals surface area contributed by atoms with E-state index in [1.165, 1.54) is 0 Å². The van der Waals surface area contributed by atoms with Crippen LogP contribution in [0.3, 0.4) is 0 Å². The van der Waals surface area contributed by atoms with Crippen molar-refractivity contribution in [1.29, 1.82) is 0 Å². The first-order valence-electron chi connectivity index (χ1n) is 10.1. The minimum absolute atomic E-state index is 0.112. The highest BCUT2D eigenvalue weighted by Gasteiger charge is 2.19. The van der Waals surface area contributed by atoms with E-state index in [0.717, 1.165) is 28.2 Å². The molecule has 4 nitrogen and oxygen atoms in total. The number of anilines is 3. The van der Waals surface area contributed by atoms with Gasteiger partial charge in [0.05, 0.1) is 0 Å². The third-order valence-electron chi connectivity index (χ3n) is 4.49. The molecule has 0 saturated carbocycles. The molecule has 0 fully saturated rings. The van der Waals surface area contributed by atoms with Crippen LogP contribution in [-0.4, -0.2) is 18.2 Å². The summed E-state index contributed by atoms with van der Waals surface area (Å²) < 4.78 is 11.2. The highest BCUT2D eigenvalue weighted by atomic mass is 16.6. The fraction of sp³-hybridized carbons (Fsp3) is 0.269. The molecule has 3 aromatic carbocycles. The molecule has 156 valence electrons. The van der Waals surface area contributed by atoms with Gasteiger partial charge in [-0.05, 0) is 82.1 Å². The van der Waals surface area contributed by atoms with Crippen molar-refractivity contribution in [3.8, 4) is 5.75 Å². The van der Waals surface area contributed by atoms with Gasteiger partial charge in [0.15, 0.2) is 6.61 Å². The van der Waals surface area contributed by atoms with Crippen molar-refractivity contribution in [3.63, 3.8) is 0 Å². The van der Waals surface area contributed by atoms with Crippen LogP contribution in [-0.2, 0) is 9.53 Å². The zero-order valence-electron chi connectivity index (χ0n) is 18.3. The first kappa shape index (κ1) is 21.4. The molecule has 30 heavy (non-hydrogen) atoms. The molecule has 0 N–H and O–H groups in total. The van der Waals surface area contributed by atoms with Gasteiger partial charge < -0.3 is 14.4 Å². The van der Waals surface area contributed by atoms with E-state index in [4.69, 9.17) is 9.47 Å². The van der Waals surface area contributed by atoms with Crippen molar-refractivity contribution in [2.24, 2.45) is 0 Å². The number of benzene rings is 3. The Morgan fingerprint density at radius 3 is 1.70 bits per heavy atom. The molecule has 0 heterocycles. The van der Waals surface area contributed by atoms with E-state index >= 15 is 0 Å². The SMILES string of the molecule is Cc1cc(N(c2ccccc2)c2ccccc2)cc(C)c1OCC(=O)OC(C)(C)C. The van der Waals surface area contributed by atoms with E-state index in [1.54, 1.807) is 0 Å². The van der Waals surface area contributed by atoms with Crippen molar-refractivity contribution >= 4 is 23.0 Å². The second-order valence-electron chi connectivity index (χ2n) is 8.29. The average Bonchev–Trinajstić information content (AvgIpc) is 2.68. The Bertz CT molecular complexity index is 929. The van der Waals surface area contributed by atoms with Gasteiger partial charge in [0, 0.05) is 17.1 Å². The standard InChI is InChI=1S/C26H29NO3/c1-19-16-23(17-20(2)25(19)29-18-24(28)30-26(3,4)5)27(21-12-8-6-9-13-21)22-14-10-7-11-15-22/h6-17H,18H2,1-5H3. The maximum atomic E-state index is 12.0. The minimum Gasteiger partial charge on any atom is -0.481 e. The Hall–Kier alpha value is -3.27. The summed E-state index contributed by atoms with van der Waals surface area (Å²) in [6.45, 7) is 9.41. The zero-order chi connectivity index (χ0) is 21.7. The molecule has 0 atom stereocenters. The van der Waals surface area contributed by atoms with Gasteiger partial charge in [-0.15, -0.1) is 0 Å². The number of nitrogens with zero attached hydrogens (tertiary/aromatic N) is 1. The quantitative estimate of drug-likeness (QED) is 0.441. The molecule has 0 spiro atoms. The maximum Gasteiger partial charge on any atom is 0.344 e. The summed E-state index contributed by atoms with van der Waals surface area (Å²) in [5.41, 5.74) is 4.58. The molecule has 0 aliphatic carbocycles. The molecule has 0 amide bonds. The van der Waals surface area contributed by atoms with Gasteiger partial charge in [-0.25, -0.2) is 4.79 Å². The van der Waals surface area contributed by atoms with Gasteiger partial charge in [0.25, 0.3) is 0 Å². The molecular formula is C26H29NO3. The predicted molar refractivity (Wildman–Crippen MR) is 122 cm³/mol. The van der Waals surface area contributed by atoms with Crippen LogP contribution in [0.4, 0.5) is 17.1 Å². The normalized spacial score (nSPS) is 11.1. The summed E-state index contributed by atoms with van der Waals surface area (Å²) >= 11 is 0. The summed E-state index contributed by atoms with van der Waals surface area (Å²) in [7, 11) is 0. The van der Waals surface area contributed by atoms with E-state index in [9.17, 15) is 4.79 Å². The predicted octanol–water partition coefficient (Wildman–Crippen LogP) is 6.49. The van der Waals surface area contributed by atoms with Gasteiger partial charge in [0.1, 0.15) is 11.4 Å². The summed E-state index contributed by atoms with van der Waals surface area (Å²) in [5.74, 6) is 0.339. The molecule has 3 aromatic rings. The summed E-state index contributed by atoms with van der Waals surface area (Å²) in [4.78, 5) is 14.3. The summed E-state index contributed by atoms with van der Waals surface area (Å²) in [6, 6.07) is 24.7. The van der Waals surface area contributed by atoms with Gasteiger partial charge in [-0.3, -0.25) is 0 Å². The number of para-hydroxylation sites is 2. The number of hydrogen-bond acceptors (Lipinski definition) is 4. The van der Waals surface area contributed by atoms with Crippen LogP contribution >= 0.6 is 0 Å². The highest BCUT2D eigenvalue weighted by Crippen LogP contribution is 2.37. The number of rotatable bonds is 6. The second-order valence-corrected chi connectivity index (χ2v) is 8.29. The van der Waals surface area contributed by atoms with Gasteiger partial charge in [0.2, 0.25) is 0 Å². The van der Waals surface area contributed by atoms with Crippen LogP contribution in [0.1, 0.15) is 31.9 Å². The van der Waals surface area contributed by atoms with Crippen LogP contribution in [0, 0.1) is 13.8 Å². The first-order chi connectivity index (χ1) is 14.2. The zero-order valence-corrected chi connectivity index (χ0v) is 18.3. The van der Waals surface area contributed by atoms with Gasteiger partial charge in [-0.2, -0.15) is 0 Å². The number of carbonyl (C=O) groups excluding carboxylic acids is 1. The van der Waals surface area contributed by atoms with Crippen LogP contribution < -0.4 is 9.64 Å². The van der Waals surface area contributed by atoms with Crippen molar-refractivity contribution in [3.05, 3.63) is 83.9 Å². The van der Waals surface area contributed by atoms with Crippen LogP contribution in [0.15, 0.2) is 72.8 Å². The van der Waals surface area contributed by atoms with E-state index in [1.807, 2.05) is 71.0 Å². The fourth-order valence-electron chi connectivity index (χ4n) is 3.39. The van der Waals surface area contributed by atoms with Crippen molar-refractivity contribution in [1.82, 2.24) is 0 Å². The monoisotopic (exact) mass is 403 g/mol. The molecule has 0 aromatic heterocycles. The average molecular weight is 404 g/mol. The molecule has 0 aliphatic rings. The Kier molecular flexibility index (Phi) is 6.46. The largest absolute Gasteiger partial charge is 0.481 e. The fourth-order valence-corrected chi connectivity index (χ4v) is 3.39. The molecule has 3 rings (SSSR count). The number of aryl methyl sites for hydroxylation is 2. The van der Waals surface area contributed by atoms with E-state index in [2.05, 4.69) is 41.3 Å². The third-order valence-corrected chi connectivity index (χ3v) is 4.49. The van der Waals surface area contributed by atoms with Crippen LogP contribution in [0.5, 0.6) is 5.75 Å². The molecule has 4 heteroatoms. The van der Waals surface area contributed by atoms with Crippen molar-refractivity contribution < 1.29 is 14.3 Å². The van der Waals surface area contributed by atoms with E-state index in [-0.39, 0.29) is 12.6 Å². The van der Waals surface area contributed by atoms with Crippen LogP contribution in [0.25, 0.3) is 0 Å². The van der Waals surface area contributed by atoms with E-state index in [0.29, 0.717) is 5.75 Å². The van der Waals surface area contributed by atoms with Crippen LogP contribution in [0.2, 0.25) is 0 Å². The lowest BCUT2D eigenvalue weighted by Gasteiger charge is -2.27. The molecular weight excluding hydrogens is 374 g/mol. The third kappa shape index (κ3) is 5.41. The van der Waals surface area contributed by atoms with E-state index < -0.39 is 5.60 Å². The lowest BCUT2D eigenvalue weighted by Crippen LogP contribution is -2.27. The highest BCUT2D eigenvalue weighted by molar-refractivity contribution is 5.78. The number of ether oxygens (including phenoxy) is 2. The minimum atomic E-state index is -0.528. The first-order valence-corrected chi connectivity index (χ1v) is 10.1. The van der Waals surface area contributed by atoms with Crippen molar-refractivity contribution in [2.45, 2.75) is 40.2 Å². The topological polar surface area (TPSA) is 38.8 Å². The van der Waals surface area contributed by atoms with Gasteiger partial charge >= 0.3 is 5.97 Å². The molecule has 0 bridgehead atoms. The molecule has 0 saturated heterocycles. The smallest absolute Gasteiger partial charge is 0.344 e. The molecule has 0 radical (unpaired) electrons. The number of esters is 1. The number of hydrogen-bond donors (Lipinski definition) is 0. The Morgan fingerprint density at radius 2 is 1.27 bits per heavy atom.